The minimum atomic E-state index is 0.190. The van der Waals surface area contributed by atoms with Gasteiger partial charge >= 0.3 is 0 Å². The normalized spacial score (nSPS) is 25.0. The third-order valence-corrected chi connectivity index (χ3v) is 6.28. The minimum Gasteiger partial charge on any atom is -0.376 e. The molecule has 2 aromatic carbocycles. The molecule has 1 aliphatic heterocycles. The quantitative estimate of drug-likeness (QED) is 0.372. The van der Waals surface area contributed by atoms with Gasteiger partial charge in [-0.2, -0.15) is 0 Å². The van der Waals surface area contributed by atoms with Gasteiger partial charge in [0, 0.05) is 16.0 Å². The van der Waals surface area contributed by atoms with Crippen LogP contribution in [0.15, 0.2) is 47.0 Å². The third-order valence-electron chi connectivity index (χ3n) is 4.69. The first kappa shape index (κ1) is 15.8. The predicted octanol–water partition coefficient (Wildman–Crippen LogP) is 7.24. The molecular formula is C18H13BrCl3N. The highest BCUT2D eigenvalue weighted by Crippen LogP contribution is 2.55. The van der Waals surface area contributed by atoms with E-state index >= 15 is 0 Å². The number of allylic oxidation sites excluding steroid dienone is 2. The van der Waals surface area contributed by atoms with Crippen LogP contribution >= 0.6 is 50.7 Å². The molecule has 2 aromatic rings. The zero-order chi connectivity index (χ0) is 16.1. The number of hydrogen-bond donors (Lipinski definition) is 1. The van der Waals surface area contributed by atoms with E-state index in [1.165, 1.54) is 5.56 Å². The zero-order valence-corrected chi connectivity index (χ0v) is 15.8. The molecule has 0 bridgehead atoms. The van der Waals surface area contributed by atoms with Crippen molar-refractivity contribution < 1.29 is 0 Å². The molecule has 0 amide bonds. The molecule has 0 aromatic heterocycles. The Hall–Kier alpha value is -0.670. The average Bonchev–Trinajstić information content (AvgIpc) is 3.00. The van der Waals surface area contributed by atoms with Gasteiger partial charge in [0.25, 0.3) is 0 Å². The van der Waals surface area contributed by atoms with Gasteiger partial charge in [-0.25, -0.2) is 0 Å². The Morgan fingerprint density at radius 1 is 1.09 bits per heavy atom. The summed E-state index contributed by atoms with van der Waals surface area (Å²) < 4.78 is 1.07. The number of fused-ring (bicyclic) bond motifs is 3. The molecule has 0 spiro atoms. The van der Waals surface area contributed by atoms with Gasteiger partial charge in [0.2, 0.25) is 0 Å². The lowest BCUT2D eigenvalue weighted by Gasteiger charge is -2.38. The molecule has 0 radical (unpaired) electrons. The van der Waals surface area contributed by atoms with Crippen LogP contribution in [-0.2, 0) is 0 Å². The van der Waals surface area contributed by atoms with Crippen LogP contribution in [0.25, 0.3) is 0 Å². The van der Waals surface area contributed by atoms with Gasteiger partial charge in [-0.05, 0) is 36.1 Å². The number of benzene rings is 2. The fourth-order valence-electron chi connectivity index (χ4n) is 3.69. The molecule has 1 nitrogen and oxygen atoms in total. The molecule has 1 heterocycles. The second kappa shape index (κ2) is 6.00. The van der Waals surface area contributed by atoms with Gasteiger partial charge in [-0.3, -0.25) is 0 Å². The molecule has 2 aliphatic rings. The molecule has 1 aliphatic carbocycles. The summed E-state index contributed by atoms with van der Waals surface area (Å²) in [5.41, 5.74) is 3.17. The van der Waals surface area contributed by atoms with Crippen molar-refractivity contribution in [1.82, 2.24) is 0 Å². The number of hydrogen-bond acceptors (Lipinski definition) is 1. The first-order valence-electron chi connectivity index (χ1n) is 7.42. The largest absolute Gasteiger partial charge is 0.376 e. The molecular weight excluding hydrogens is 416 g/mol. The summed E-state index contributed by atoms with van der Waals surface area (Å²) in [5, 5.41) is 5.35. The van der Waals surface area contributed by atoms with Crippen molar-refractivity contribution in [3.05, 3.63) is 73.2 Å². The fourth-order valence-corrected chi connectivity index (χ4v) is 4.92. The molecule has 0 fully saturated rings. The second-order valence-corrected chi connectivity index (χ2v) is 8.08. The number of rotatable bonds is 1. The lowest BCUT2D eigenvalue weighted by Crippen LogP contribution is -2.29. The Morgan fingerprint density at radius 3 is 2.70 bits per heavy atom. The lowest BCUT2D eigenvalue weighted by molar-refractivity contribution is 0.425. The van der Waals surface area contributed by atoms with Crippen LogP contribution in [0.5, 0.6) is 0 Å². The maximum absolute atomic E-state index is 6.50. The third kappa shape index (κ3) is 2.60. The maximum Gasteiger partial charge on any atom is 0.0656 e. The summed E-state index contributed by atoms with van der Waals surface area (Å²) in [6.45, 7) is 0. The van der Waals surface area contributed by atoms with E-state index in [0.717, 1.165) is 22.1 Å². The Labute approximate surface area is 158 Å². The second-order valence-electron chi connectivity index (χ2n) is 5.97. The SMILES string of the molecule is Clc1cc(Cl)c2c(c1Cl)[C@@H]1C=CC[C@@H]1[C@H](c1cccc(Br)c1)N2. The van der Waals surface area contributed by atoms with Crippen molar-refractivity contribution in [3.63, 3.8) is 0 Å². The van der Waals surface area contributed by atoms with Crippen molar-refractivity contribution in [3.8, 4) is 0 Å². The molecule has 0 unspecified atom stereocenters. The molecule has 1 N–H and O–H groups in total. The van der Waals surface area contributed by atoms with E-state index in [1.54, 1.807) is 6.07 Å². The van der Waals surface area contributed by atoms with Gasteiger partial charge in [0.15, 0.2) is 0 Å². The van der Waals surface area contributed by atoms with Gasteiger partial charge < -0.3 is 5.32 Å². The van der Waals surface area contributed by atoms with E-state index in [-0.39, 0.29) is 12.0 Å². The highest BCUT2D eigenvalue weighted by molar-refractivity contribution is 9.10. The summed E-state index contributed by atoms with van der Waals surface area (Å²) in [6, 6.07) is 10.3. The Kier molecular flexibility index (Phi) is 4.13. The van der Waals surface area contributed by atoms with E-state index in [9.17, 15) is 0 Å². The number of anilines is 1. The van der Waals surface area contributed by atoms with Crippen molar-refractivity contribution in [1.29, 1.82) is 0 Å². The van der Waals surface area contributed by atoms with Crippen LogP contribution < -0.4 is 5.32 Å². The van der Waals surface area contributed by atoms with Gasteiger partial charge in [0.1, 0.15) is 0 Å². The molecule has 0 saturated heterocycles. The summed E-state index contributed by atoms with van der Waals surface area (Å²) in [5.74, 6) is 0.641. The van der Waals surface area contributed by atoms with E-state index in [1.807, 2.05) is 6.07 Å². The Balaban J connectivity index is 1.88. The van der Waals surface area contributed by atoms with Crippen LogP contribution in [0.4, 0.5) is 5.69 Å². The van der Waals surface area contributed by atoms with E-state index in [4.69, 9.17) is 34.8 Å². The van der Waals surface area contributed by atoms with Crippen LogP contribution in [-0.4, -0.2) is 0 Å². The summed E-state index contributed by atoms with van der Waals surface area (Å²) in [7, 11) is 0. The van der Waals surface area contributed by atoms with Gasteiger partial charge in [-0.1, -0.05) is 75.0 Å². The highest BCUT2D eigenvalue weighted by atomic mass is 79.9. The van der Waals surface area contributed by atoms with Crippen LogP contribution in [0, 0.1) is 5.92 Å². The van der Waals surface area contributed by atoms with Crippen molar-refractivity contribution >= 4 is 56.4 Å². The fraction of sp³-hybridized carbons (Fsp3) is 0.222. The zero-order valence-electron chi connectivity index (χ0n) is 12.0. The minimum absolute atomic E-state index is 0.190. The molecule has 5 heteroatoms. The number of nitrogens with one attached hydrogen (secondary N) is 1. The molecule has 4 rings (SSSR count). The highest BCUT2D eigenvalue weighted by Gasteiger charge is 2.40. The van der Waals surface area contributed by atoms with Crippen LogP contribution in [0.2, 0.25) is 15.1 Å². The lowest BCUT2D eigenvalue weighted by atomic mass is 9.77. The van der Waals surface area contributed by atoms with E-state index in [2.05, 4.69) is 51.6 Å². The van der Waals surface area contributed by atoms with Crippen molar-refractivity contribution in [2.45, 2.75) is 18.4 Å². The molecule has 118 valence electrons. The monoisotopic (exact) mass is 427 g/mol. The predicted molar refractivity (Wildman–Crippen MR) is 102 cm³/mol. The van der Waals surface area contributed by atoms with E-state index < -0.39 is 0 Å². The van der Waals surface area contributed by atoms with E-state index in [0.29, 0.717) is 21.0 Å². The van der Waals surface area contributed by atoms with Crippen molar-refractivity contribution in [2.24, 2.45) is 5.92 Å². The Morgan fingerprint density at radius 2 is 1.91 bits per heavy atom. The smallest absolute Gasteiger partial charge is 0.0656 e. The molecule has 3 atom stereocenters. The first-order valence-corrected chi connectivity index (χ1v) is 9.35. The van der Waals surface area contributed by atoms with Crippen molar-refractivity contribution in [2.75, 3.05) is 5.32 Å². The van der Waals surface area contributed by atoms with Gasteiger partial charge in [0.05, 0.1) is 26.8 Å². The standard InChI is InChI=1S/C18H13BrCl3N/c19-10-4-1-3-9(7-10)17-12-6-2-5-11(12)15-16(22)13(20)8-14(21)18(15)23-17/h1-5,7-8,11-12,17,23H,6H2/t11-,12+,17+/m1/s1. The van der Waals surface area contributed by atoms with Crippen LogP contribution in [0.3, 0.4) is 0 Å². The summed E-state index contributed by atoms with van der Waals surface area (Å²) in [6.07, 6.45) is 5.46. The molecule has 0 saturated carbocycles. The first-order chi connectivity index (χ1) is 11.1. The topological polar surface area (TPSA) is 12.0 Å². The molecule has 23 heavy (non-hydrogen) atoms. The Bertz CT molecular complexity index is 818. The number of halogens is 4. The summed E-state index contributed by atoms with van der Waals surface area (Å²) >= 11 is 22.8. The maximum atomic E-state index is 6.50. The average molecular weight is 430 g/mol. The van der Waals surface area contributed by atoms with Gasteiger partial charge in [-0.15, -0.1) is 0 Å². The van der Waals surface area contributed by atoms with Crippen LogP contribution in [0.1, 0.15) is 29.5 Å². The summed E-state index contributed by atoms with van der Waals surface area (Å²) in [4.78, 5) is 0.